The van der Waals surface area contributed by atoms with Crippen LogP contribution in [0.25, 0.3) is 0 Å². The highest BCUT2D eigenvalue weighted by atomic mass is 16.5. The molecule has 2 aromatic rings. The molecule has 0 saturated carbocycles. The summed E-state index contributed by atoms with van der Waals surface area (Å²) in [5.74, 6) is 1.45. The van der Waals surface area contributed by atoms with Gasteiger partial charge in [0.15, 0.2) is 0 Å². The number of carbonyl (C=O) groups excluding carboxylic acids is 1. The SMILES string of the molecule is CN(C)Cc1ccnc(NC(=O)NCc2cccc3c2OCC3)c1. The van der Waals surface area contributed by atoms with Crippen molar-refractivity contribution in [2.75, 3.05) is 26.0 Å². The lowest BCUT2D eigenvalue weighted by Crippen LogP contribution is -2.28. The van der Waals surface area contributed by atoms with Gasteiger partial charge in [0.05, 0.1) is 6.61 Å². The minimum atomic E-state index is -0.278. The van der Waals surface area contributed by atoms with Gasteiger partial charge in [-0.25, -0.2) is 9.78 Å². The van der Waals surface area contributed by atoms with Crippen LogP contribution < -0.4 is 15.4 Å². The van der Waals surface area contributed by atoms with Crippen LogP contribution in [0.2, 0.25) is 0 Å². The van der Waals surface area contributed by atoms with Gasteiger partial charge in [0.1, 0.15) is 11.6 Å². The standard InChI is InChI=1S/C18H22N4O2/c1-22(2)12-13-6-8-19-16(10-13)21-18(23)20-11-15-5-3-4-14-7-9-24-17(14)15/h3-6,8,10H,7,9,11-12H2,1-2H3,(H2,19,20,21,23). The first-order valence-corrected chi connectivity index (χ1v) is 8.00. The molecule has 2 heterocycles. The largest absolute Gasteiger partial charge is 0.493 e. The molecule has 3 rings (SSSR count). The summed E-state index contributed by atoms with van der Waals surface area (Å²) in [5.41, 5.74) is 3.29. The fourth-order valence-corrected chi connectivity index (χ4v) is 2.76. The number of nitrogens with one attached hydrogen (secondary N) is 2. The van der Waals surface area contributed by atoms with Crippen molar-refractivity contribution in [2.45, 2.75) is 19.5 Å². The Balaban J connectivity index is 1.58. The first-order valence-electron chi connectivity index (χ1n) is 8.00. The van der Waals surface area contributed by atoms with Crippen LogP contribution in [0.15, 0.2) is 36.5 Å². The third kappa shape index (κ3) is 4.02. The summed E-state index contributed by atoms with van der Waals surface area (Å²) < 4.78 is 5.64. The minimum absolute atomic E-state index is 0.278. The zero-order valence-corrected chi connectivity index (χ0v) is 14.0. The molecule has 24 heavy (non-hydrogen) atoms. The van der Waals surface area contributed by atoms with Crippen molar-refractivity contribution in [1.29, 1.82) is 0 Å². The fraction of sp³-hybridized carbons (Fsp3) is 0.333. The predicted molar refractivity (Wildman–Crippen MR) is 93.1 cm³/mol. The molecule has 0 saturated heterocycles. The number of amides is 2. The normalized spacial score (nSPS) is 12.6. The minimum Gasteiger partial charge on any atom is -0.493 e. The quantitative estimate of drug-likeness (QED) is 0.885. The van der Waals surface area contributed by atoms with E-state index in [9.17, 15) is 4.79 Å². The van der Waals surface area contributed by atoms with Crippen molar-refractivity contribution in [3.8, 4) is 5.75 Å². The Morgan fingerprint density at radius 2 is 2.21 bits per heavy atom. The van der Waals surface area contributed by atoms with E-state index < -0.39 is 0 Å². The van der Waals surface area contributed by atoms with Crippen LogP contribution in [0.4, 0.5) is 10.6 Å². The van der Waals surface area contributed by atoms with Crippen molar-refractivity contribution in [3.05, 3.63) is 53.2 Å². The van der Waals surface area contributed by atoms with Gasteiger partial charge in [0.2, 0.25) is 0 Å². The van der Waals surface area contributed by atoms with Gasteiger partial charge < -0.3 is 15.0 Å². The second-order valence-electron chi connectivity index (χ2n) is 6.10. The number of nitrogens with zero attached hydrogens (tertiary/aromatic N) is 2. The van der Waals surface area contributed by atoms with Crippen LogP contribution in [0.1, 0.15) is 16.7 Å². The van der Waals surface area contributed by atoms with Gasteiger partial charge >= 0.3 is 6.03 Å². The van der Waals surface area contributed by atoms with Gasteiger partial charge in [-0.3, -0.25) is 5.32 Å². The van der Waals surface area contributed by atoms with Crippen LogP contribution in [-0.4, -0.2) is 36.6 Å². The number of ether oxygens (including phenoxy) is 1. The van der Waals surface area contributed by atoms with Crippen LogP contribution in [-0.2, 0) is 19.5 Å². The van der Waals surface area contributed by atoms with Gasteiger partial charge in [-0.1, -0.05) is 18.2 Å². The summed E-state index contributed by atoms with van der Waals surface area (Å²) in [6, 6.07) is 9.57. The number of aromatic nitrogens is 1. The number of hydrogen-bond donors (Lipinski definition) is 2. The molecule has 0 radical (unpaired) electrons. The molecule has 0 unspecified atom stereocenters. The number of anilines is 1. The number of para-hydroxylation sites is 1. The summed E-state index contributed by atoms with van der Waals surface area (Å²) in [4.78, 5) is 18.4. The lowest BCUT2D eigenvalue weighted by atomic mass is 10.1. The number of urea groups is 1. The van der Waals surface area contributed by atoms with Crippen molar-refractivity contribution in [3.63, 3.8) is 0 Å². The van der Waals surface area contributed by atoms with Crippen molar-refractivity contribution >= 4 is 11.8 Å². The van der Waals surface area contributed by atoms with Crippen molar-refractivity contribution in [1.82, 2.24) is 15.2 Å². The molecule has 0 fully saturated rings. The molecule has 0 atom stereocenters. The van der Waals surface area contributed by atoms with Crippen molar-refractivity contribution < 1.29 is 9.53 Å². The van der Waals surface area contributed by atoms with Crippen LogP contribution in [0, 0.1) is 0 Å². The first kappa shape index (κ1) is 16.3. The summed E-state index contributed by atoms with van der Waals surface area (Å²) >= 11 is 0. The van der Waals surface area contributed by atoms with E-state index >= 15 is 0 Å². The maximum absolute atomic E-state index is 12.1. The zero-order chi connectivity index (χ0) is 16.9. The second-order valence-corrected chi connectivity index (χ2v) is 6.10. The molecule has 1 aromatic heterocycles. The Morgan fingerprint density at radius 3 is 3.04 bits per heavy atom. The molecule has 1 aromatic carbocycles. The number of rotatable bonds is 5. The number of hydrogen-bond acceptors (Lipinski definition) is 4. The highest BCUT2D eigenvalue weighted by molar-refractivity contribution is 5.88. The Morgan fingerprint density at radius 1 is 1.33 bits per heavy atom. The molecule has 0 spiro atoms. The molecule has 1 aliphatic rings. The third-order valence-electron chi connectivity index (χ3n) is 3.80. The predicted octanol–water partition coefficient (Wildman–Crippen LogP) is 2.40. The van der Waals surface area contributed by atoms with Gasteiger partial charge in [0.25, 0.3) is 0 Å². The van der Waals surface area contributed by atoms with E-state index in [1.165, 1.54) is 5.56 Å². The van der Waals surface area contributed by atoms with Crippen LogP contribution in [0.3, 0.4) is 0 Å². The second kappa shape index (κ2) is 7.31. The number of pyridine rings is 1. The van der Waals surface area contributed by atoms with Crippen molar-refractivity contribution in [2.24, 2.45) is 0 Å². The summed E-state index contributed by atoms with van der Waals surface area (Å²) in [6.45, 7) is 1.93. The zero-order valence-electron chi connectivity index (χ0n) is 14.0. The fourth-order valence-electron chi connectivity index (χ4n) is 2.76. The highest BCUT2D eigenvalue weighted by Gasteiger charge is 2.16. The highest BCUT2D eigenvalue weighted by Crippen LogP contribution is 2.29. The van der Waals surface area contributed by atoms with Gasteiger partial charge in [0, 0.05) is 31.3 Å². The van der Waals surface area contributed by atoms with E-state index in [1.807, 2.05) is 38.4 Å². The molecule has 0 bridgehead atoms. The molecular weight excluding hydrogens is 304 g/mol. The third-order valence-corrected chi connectivity index (χ3v) is 3.80. The van der Waals surface area contributed by atoms with Gasteiger partial charge in [-0.05, 0) is 37.4 Å². The Labute approximate surface area is 141 Å². The van der Waals surface area contributed by atoms with Gasteiger partial charge in [-0.2, -0.15) is 0 Å². The van der Waals surface area contributed by atoms with Crippen LogP contribution >= 0.6 is 0 Å². The van der Waals surface area contributed by atoms with Gasteiger partial charge in [-0.15, -0.1) is 0 Å². The summed E-state index contributed by atoms with van der Waals surface area (Å²) in [5, 5.41) is 5.63. The lowest BCUT2D eigenvalue weighted by molar-refractivity contribution is 0.251. The van der Waals surface area contributed by atoms with E-state index in [4.69, 9.17) is 4.74 Å². The maximum atomic E-state index is 12.1. The molecule has 2 N–H and O–H groups in total. The molecule has 1 aliphatic heterocycles. The number of carbonyl (C=O) groups is 1. The molecule has 0 aliphatic carbocycles. The van der Waals surface area contributed by atoms with E-state index in [-0.39, 0.29) is 6.03 Å². The Kier molecular flexibility index (Phi) is 4.96. The van der Waals surface area contributed by atoms with E-state index in [2.05, 4.69) is 26.6 Å². The Bertz CT molecular complexity index is 731. The monoisotopic (exact) mass is 326 g/mol. The van der Waals surface area contributed by atoms with E-state index in [0.717, 1.165) is 29.8 Å². The summed E-state index contributed by atoms with van der Waals surface area (Å²) in [7, 11) is 4.00. The topological polar surface area (TPSA) is 66.5 Å². The average Bonchev–Trinajstić information content (AvgIpc) is 3.01. The first-order chi connectivity index (χ1) is 11.6. The van der Waals surface area contributed by atoms with E-state index in [1.54, 1.807) is 6.20 Å². The molecule has 2 amide bonds. The smallest absolute Gasteiger partial charge is 0.320 e. The number of fused-ring (bicyclic) bond motifs is 1. The average molecular weight is 326 g/mol. The summed E-state index contributed by atoms with van der Waals surface area (Å²) in [6.07, 6.45) is 2.63. The van der Waals surface area contributed by atoms with Crippen LogP contribution in [0.5, 0.6) is 5.75 Å². The lowest BCUT2D eigenvalue weighted by Gasteiger charge is -2.12. The Hall–Kier alpha value is -2.60. The molecular formula is C18H22N4O2. The van der Waals surface area contributed by atoms with E-state index in [0.29, 0.717) is 19.0 Å². The number of benzene rings is 1. The maximum Gasteiger partial charge on any atom is 0.320 e. The molecule has 6 nitrogen and oxygen atoms in total. The molecule has 6 heteroatoms. The molecule has 126 valence electrons.